The van der Waals surface area contributed by atoms with Gasteiger partial charge in [0.2, 0.25) is 0 Å². The van der Waals surface area contributed by atoms with Crippen LogP contribution in [0.3, 0.4) is 0 Å². The summed E-state index contributed by atoms with van der Waals surface area (Å²) >= 11 is 4.14. The Kier molecular flexibility index (Phi) is 5.35. The highest BCUT2D eigenvalue weighted by Crippen LogP contribution is 2.24. The molecule has 0 spiro atoms. The zero-order chi connectivity index (χ0) is 13.8. The number of nitrogens with one attached hydrogen (secondary N) is 1. The number of aromatic nitrogens is 3. The maximum absolute atomic E-state index is 4.40. The van der Waals surface area contributed by atoms with E-state index in [-0.39, 0.29) is 0 Å². The van der Waals surface area contributed by atoms with Gasteiger partial charge < -0.3 is 5.32 Å². The van der Waals surface area contributed by atoms with Crippen molar-refractivity contribution in [1.29, 1.82) is 0 Å². The Labute approximate surface area is 131 Å². The van der Waals surface area contributed by atoms with Gasteiger partial charge in [-0.15, -0.1) is 11.3 Å². The molecule has 104 valence electrons. The first-order valence-corrected chi connectivity index (χ1v) is 8.34. The lowest BCUT2D eigenvalue weighted by atomic mass is 10.1. The fraction of sp³-hybridized carbons (Fsp3) is 0.538. The predicted molar refractivity (Wildman–Crippen MR) is 87.4 cm³/mol. The molecule has 1 atom stereocenters. The number of thiophene rings is 1. The summed E-state index contributed by atoms with van der Waals surface area (Å²) in [5.74, 6) is 1.63. The van der Waals surface area contributed by atoms with Crippen LogP contribution in [0.25, 0.3) is 0 Å². The van der Waals surface area contributed by atoms with Crippen molar-refractivity contribution in [3.05, 3.63) is 32.0 Å². The minimum absolute atomic E-state index is 0.301. The highest BCUT2D eigenvalue weighted by atomic mass is 127. The van der Waals surface area contributed by atoms with Crippen LogP contribution in [0.4, 0.5) is 0 Å². The monoisotopic (exact) mass is 390 g/mol. The molecule has 0 fully saturated rings. The number of hydrogen-bond acceptors (Lipinski definition) is 4. The number of likely N-dealkylation sites (N-methyl/N-ethyl adjacent to an activating group) is 1. The van der Waals surface area contributed by atoms with E-state index in [1.165, 1.54) is 8.45 Å². The summed E-state index contributed by atoms with van der Waals surface area (Å²) < 4.78 is 3.34. The molecule has 0 saturated heterocycles. The first-order chi connectivity index (χ1) is 9.10. The molecule has 2 aromatic rings. The van der Waals surface area contributed by atoms with Gasteiger partial charge in [-0.05, 0) is 52.6 Å². The molecule has 0 aromatic carbocycles. The Bertz CT molecular complexity index is 520. The van der Waals surface area contributed by atoms with Gasteiger partial charge >= 0.3 is 0 Å². The lowest BCUT2D eigenvalue weighted by Gasteiger charge is -2.15. The standard InChI is InChI=1S/C13H19IN4S/c1-9(2)6-18-13(16-8-17-18)5-11(15-3)10-4-12(14)19-7-10/h4,7-9,11,15H,5-6H2,1-3H3. The van der Waals surface area contributed by atoms with Crippen LogP contribution in [-0.4, -0.2) is 21.8 Å². The number of halogens is 1. The van der Waals surface area contributed by atoms with Gasteiger partial charge in [-0.3, -0.25) is 0 Å². The molecule has 4 nitrogen and oxygen atoms in total. The Balaban J connectivity index is 2.12. The summed E-state index contributed by atoms with van der Waals surface area (Å²) in [6, 6.07) is 2.53. The molecule has 0 amide bonds. The normalized spacial score (nSPS) is 13.1. The van der Waals surface area contributed by atoms with E-state index in [0.29, 0.717) is 12.0 Å². The van der Waals surface area contributed by atoms with E-state index >= 15 is 0 Å². The van der Waals surface area contributed by atoms with Crippen molar-refractivity contribution in [3.63, 3.8) is 0 Å². The Morgan fingerprint density at radius 1 is 1.47 bits per heavy atom. The van der Waals surface area contributed by atoms with Gasteiger partial charge in [0, 0.05) is 19.0 Å². The maximum Gasteiger partial charge on any atom is 0.138 e. The quantitative estimate of drug-likeness (QED) is 0.771. The third kappa shape index (κ3) is 4.00. The molecule has 1 unspecified atom stereocenters. The van der Waals surface area contributed by atoms with Gasteiger partial charge in [0.15, 0.2) is 0 Å². The molecule has 2 heterocycles. The Morgan fingerprint density at radius 2 is 2.26 bits per heavy atom. The molecule has 19 heavy (non-hydrogen) atoms. The molecule has 0 bridgehead atoms. The lowest BCUT2D eigenvalue weighted by Crippen LogP contribution is -2.21. The summed E-state index contributed by atoms with van der Waals surface area (Å²) in [6.45, 7) is 5.32. The number of rotatable bonds is 6. The average molecular weight is 390 g/mol. The fourth-order valence-electron chi connectivity index (χ4n) is 2.02. The van der Waals surface area contributed by atoms with Crippen LogP contribution in [0.5, 0.6) is 0 Å². The lowest BCUT2D eigenvalue weighted by molar-refractivity contribution is 0.451. The number of hydrogen-bond donors (Lipinski definition) is 1. The predicted octanol–water partition coefficient (Wildman–Crippen LogP) is 3.10. The first-order valence-electron chi connectivity index (χ1n) is 6.38. The third-order valence-corrected chi connectivity index (χ3v) is 4.77. The Morgan fingerprint density at radius 3 is 2.84 bits per heavy atom. The van der Waals surface area contributed by atoms with Crippen LogP contribution in [-0.2, 0) is 13.0 Å². The third-order valence-electron chi connectivity index (χ3n) is 2.96. The molecular weight excluding hydrogens is 371 g/mol. The van der Waals surface area contributed by atoms with Crippen molar-refractivity contribution in [3.8, 4) is 0 Å². The van der Waals surface area contributed by atoms with Gasteiger partial charge in [0.25, 0.3) is 0 Å². The van der Waals surface area contributed by atoms with Crippen LogP contribution in [0.1, 0.15) is 31.3 Å². The molecule has 0 aliphatic rings. The maximum atomic E-state index is 4.40. The number of nitrogens with zero attached hydrogens (tertiary/aromatic N) is 3. The fourth-order valence-corrected chi connectivity index (χ4v) is 3.45. The van der Waals surface area contributed by atoms with Gasteiger partial charge in [-0.1, -0.05) is 13.8 Å². The van der Waals surface area contributed by atoms with Crippen LogP contribution < -0.4 is 5.32 Å². The summed E-state index contributed by atoms with van der Waals surface area (Å²) in [7, 11) is 2.00. The summed E-state index contributed by atoms with van der Waals surface area (Å²) in [5.41, 5.74) is 1.33. The summed E-state index contributed by atoms with van der Waals surface area (Å²) in [5, 5.41) is 9.91. The highest BCUT2D eigenvalue weighted by molar-refractivity contribution is 14.1. The summed E-state index contributed by atoms with van der Waals surface area (Å²) in [4.78, 5) is 4.40. The first kappa shape index (κ1) is 14.9. The van der Waals surface area contributed by atoms with Crippen LogP contribution in [0.2, 0.25) is 0 Å². The second kappa shape index (κ2) is 6.81. The second-order valence-electron chi connectivity index (χ2n) is 4.98. The van der Waals surface area contributed by atoms with E-state index in [1.807, 2.05) is 11.7 Å². The average Bonchev–Trinajstić information content (AvgIpc) is 2.95. The molecule has 0 radical (unpaired) electrons. The molecule has 0 aliphatic carbocycles. The van der Waals surface area contributed by atoms with E-state index in [4.69, 9.17) is 0 Å². The van der Waals surface area contributed by atoms with Gasteiger partial charge in [-0.25, -0.2) is 9.67 Å². The molecule has 1 N–H and O–H groups in total. The molecular formula is C13H19IN4S. The van der Waals surface area contributed by atoms with E-state index in [9.17, 15) is 0 Å². The molecule has 6 heteroatoms. The van der Waals surface area contributed by atoms with Crippen LogP contribution >= 0.6 is 33.9 Å². The molecule has 2 aromatic heterocycles. The molecule has 0 saturated carbocycles. The van der Waals surface area contributed by atoms with Crippen molar-refractivity contribution < 1.29 is 0 Å². The molecule has 2 rings (SSSR count). The van der Waals surface area contributed by atoms with Crippen LogP contribution in [0, 0.1) is 8.80 Å². The Hall–Kier alpha value is -0.470. The van der Waals surface area contributed by atoms with Crippen molar-refractivity contribution in [2.45, 2.75) is 32.9 Å². The van der Waals surface area contributed by atoms with Gasteiger partial charge in [0.05, 0.1) is 2.88 Å². The van der Waals surface area contributed by atoms with Crippen molar-refractivity contribution >= 4 is 33.9 Å². The second-order valence-corrected chi connectivity index (χ2v) is 7.79. The summed E-state index contributed by atoms with van der Waals surface area (Å²) in [6.07, 6.45) is 2.53. The van der Waals surface area contributed by atoms with E-state index in [1.54, 1.807) is 17.7 Å². The zero-order valence-corrected chi connectivity index (χ0v) is 14.4. The largest absolute Gasteiger partial charge is 0.313 e. The van der Waals surface area contributed by atoms with E-state index < -0.39 is 0 Å². The minimum Gasteiger partial charge on any atom is -0.313 e. The highest BCUT2D eigenvalue weighted by Gasteiger charge is 2.16. The SMILES string of the molecule is CNC(Cc1ncnn1CC(C)C)c1csc(I)c1. The zero-order valence-electron chi connectivity index (χ0n) is 11.4. The topological polar surface area (TPSA) is 42.7 Å². The van der Waals surface area contributed by atoms with Gasteiger partial charge in [0.1, 0.15) is 12.2 Å². The smallest absolute Gasteiger partial charge is 0.138 e. The van der Waals surface area contributed by atoms with Crippen molar-refractivity contribution in [1.82, 2.24) is 20.1 Å². The van der Waals surface area contributed by atoms with Crippen molar-refractivity contribution in [2.24, 2.45) is 5.92 Å². The van der Waals surface area contributed by atoms with Gasteiger partial charge in [-0.2, -0.15) is 5.10 Å². The van der Waals surface area contributed by atoms with E-state index in [0.717, 1.165) is 18.8 Å². The minimum atomic E-state index is 0.301. The van der Waals surface area contributed by atoms with E-state index in [2.05, 4.69) is 63.3 Å². The van der Waals surface area contributed by atoms with Crippen LogP contribution in [0.15, 0.2) is 17.8 Å². The van der Waals surface area contributed by atoms with Crippen molar-refractivity contribution in [2.75, 3.05) is 7.05 Å². The molecule has 0 aliphatic heterocycles.